The van der Waals surface area contributed by atoms with Crippen molar-refractivity contribution >= 4 is 5.69 Å². The van der Waals surface area contributed by atoms with Crippen LogP contribution in [0, 0.1) is 10.1 Å². The van der Waals surface area contributed by atoms with Crippen molar-refractivity contribution in [2.24, 2.45) is 0 Å². The predicted molar refractivity (Wildman–Crippen MR) is 86.5 cm³/mol. The van der Waals surface area contributed by atoms with Crippen LogP contribution in [0.2, 0.25) is 0 Å². The molecular formula is C17H19N3O3. The zero-order valence-electron chi connectivity index (χ0n) is 13.0. The molecule has 0 bridgehead atoms. The molecule has 0 spiro atoms. The van der Waals surface area contributed by atoms with Gasteiger partial charge in [-0.3, -0.25) is 20.0 Å². The first-order valence-corrected chi connectivity index (χ1v) is 7.61. The number of likely N-dealkylation sites (tertiary alicyclic amines) is 1. The normalized spacial score (nSPS) is 18.0. The number of rotatable bonds is 5. The van der Waals surface area contributed by atoms with Gasteiger partial charge in [-0.2, -0.15) is 0 Å². The Bertz CT molecular complexity index is 670. The molecule has 0 amide bonds. The van der Waals surface area contributed by atoms with Crippen LogP contribution in [0.15, 0.2) is 42.6 Å². The first-order valence-electron chi connectivity index (χ1n) is 7.61. The predicted octanol–water partition coefficient (Wildman–Crippen LogP) is 2.99. The molecule has 0 saturated carbocycles. The van der Waals surface area contributed by atoms with Gasteiger partial charge in [-0.15, -0.1) is 0 Å². The van der Waals surface area contributed by atoms with Gasteiger partial charge in [-0.25, -0.2) is 0 Å². The van der Waals surface area contributed by atoms with Crippen molar-refractivity contribution < 1.29 is 9.66 Å². The highest BCUT2D eigenvalue weighted by Crippen LogP contribution is 2.28. The van der Waals surface area contributed by atoms with Gasteiger partial charge in [0.25, 0.3) is 5.69 Å². The van der Waals surface area contributed by atoms with E-state index < -0.39 is 4.92 Å². The van der Waals surface area contributed by atoms with Crippen LogP contribution in [-0.4, -0.2) is 35.0 Å². The van der Waals surface area contributed by atoms with E-state index in [9.17, 15) is 10.1 Å². The maximum atomic E-state index is 10.7. The van der Waals surface area contributed by atoms with Gasteiger partial charge in [-0.05, 0) is 36.7 Å². The van der Waals surface area contributed by atoms with Gasteiger partial charge < -0.3 is 4.74 Å². The Balaban J connectivity index is 1.60. The van der Waals surface area contributed by atoms with Crippen molar-refractivity contribution in [3.05, 3.63) is 64.0 Å². The van der Waals surface area contributed by atoms with Crippen LogP contribution >= 0.6 is 0 Å². The van der Waals surface area contributed by atoms with Crippen LogP contribution in [0.1, 0.15) is 23.6 Å². The molecule has 1 aromatic carbocycles. The minimum absolute atomic E-state index is 0.0434. The lowest BCUT2D eigenvalue weighted by atomic mass is 10.0. The van der Waals surface area contributed by atoms with Crippen molar-refractivity contribution in [1.29, 1.82) is 0 Å². The molecule has 2 heterocycles. The number of aromatic nitrogens is 1. The Labute approximate surface area is 134 Å². The Morgan fingerprint density at radius 1 is 1.30 bits per heavy atom. The molecule has 0 N–H and O–H groups in total. The molecular weight excluding hydrogens is 294 g/mol. The number of hydrogen-bond donors (Lipinski definition) is 0. The van der Waals surface area contributed by atoms with Crippen molar-refractivity contribution in [2.75, 3.05) is 20.2 Å². The third kappa shape index (κ3) is 3.65. The zero-order valence-corrected chi connectivity index (χ0v) is 13.0. The summed E-state index contributed by atoms with van der Waals surface area (Å²) >= 11 is 0. The molecule has 1 aliphatic heterocycles. The SMILES string of the molecule is COc1ccc(CN2CC[C@H](c3ccc([N+](=O)[O-])cn3)C2)cc1. The van der Waals surface area contributed by atoms with Crippen molar-refractivity contribution in [3.8, 4) is 5.75 Å². The van der Waals surface area contributed by atoms with Gasteiger partial charge in [-0.1, -0.05) is 12.1 Å². The minimum Gasteiger partial charge on any atom is -0.497 e. The fourth-order valence-electron chi connectivity index (χ4n) is 2.95. The van der Waals surface area contributed by atoms with Gasteiger partial charge in [0.15, 0.2) is 0 Å². The second-order valence-corrected chi connectivity index (χ2v) is 5.77. The van der Waals surface area contributed by atoms with Gasteiger partial charge in [0, 0.05) is 30.8 Å². The van der Waals surface area contributed by atoms with Crippen molar-refractivity contribution in [1.82, 2.24) is 9.88 Å². The van der Waals surface area contributed by atoms with E-state index in [0.717, 1.165) is 37.5 Å². The number of ether oxygens (including phenoxy) is 1. The van der Waals surface area contributed by atoms with E-state index in [1.165, 1.54) is 17.8 Å². The van der Waals surface area contributed by atoms with E-state index in [0.29, 0.717) is 5.92 Å². The fourth-order valence-corrected chi connectivity index (χ4v) is 2.95. The topological polar surface area (TPSA) is 68.5 Å². The monoisotopic (exact) mass is 313 g/mol. The van der Waals surface area contributed by atoms with Crippen LogP contribution in [-0.2, 0) is 6.54 Å². The third-order valence-electron chi connectivity index (χ3n) is 4.24. The van der Waals surface area contributed by atoms with Crippen LogP contribution in [0.25, 0.3) is 0 Å². The number of nitro groups is 1. The Hall–Kier alpha value is -2.47. The van der Waals surface area contributed by atoms with E-state index in [1.807, 2.05) is 12.1 Å². The van der Waals surface area contributed by atoms with E-state index in [-0.39, 0.29) is 5.69 Å². The van der Waals surface area contributed by atoms with Gasteiger partial charge in [0.2, 0.25) is 0 Å². The Kier molecular flexibility index (Phi) is 4.52. The van der Waals surface area contributed by atoms with Crippen molar-refractivity contribution in [2.45, 2.75) is 18.9 Å². The molecule has 0 unspecified atom stereocenters. The lowest BCUT2D eigenvalue weighted by Crippen LogP contribution is -2.19. The van der Waals surface area contributed by atoms with Crippen LogP contribution in [0.4, 0.5) is 5.69 Å². The average molecular weight is 313 g/mol. The molecule has 0 aliphatic carbocycles. The smallest absolute Gasteiger partial charge is 0.287 e. The highest BCUT2D eigenvalue weighted by Gasteiger charge is 2.25. The summed E-state index contributed by atoms with van der Waals surface area (Å²) in [6, 6.07) is 11.4. The van der Waals surface area contributed by atoms with Gasteiger partial charge >= 0.3 is 0 Å². The Morgan fingerprint density at radius 3 is 2.70 bits per heavy atom. The summed E-state index contributed by atoms with van der Waals surface area (Å²) in [5, 5.41) is 10.7. The average Bonchev–Trinajstić information content (AvgIpc) is 3.04. The summed E-state index contributed by atoms with van der Waals surface area (Å²) < 4.78 is 5.17. The quantitative estimate of drug-likeness (QED) is 0.627. The number of nitrogens with zero attached hydrogens (tertiary/aromatic N) is 3. The van der Waals surface area contributed by atoms with Crippen molar-refractivity contribution in [3.63, 3.8) is 0 Å². The molecule has 3 rings (SSSR count). The summed E-state index contributed by atoms with van der Waals surface area (Å²) in [4.78, 5) is 16.9. The summed E-state index contributed by atoms with van der Waals surface area (Å²) in [7, 11) is 1.66. The molecule has 0 radical (unpaired) electrons. The zero-order chi connectivity index (χ0) is 16.2. The van der Waals surface area contributed by atoms with Gasteiger partial charge in [0.05, 0.1) is 12.0 Å². The first-order chi connectivity index (χ1) is 11.2. The van der Waals surface area contributed by atoms with E-state index >= 15 is 0 Å². The molecule has 2 aromatic rings. The number of pyridine rings is 1. The number of hydrogen-bond acceptors (Lipinski definition) is 5. The second-order valence-electron chi connectivity index (χ2n) is 5.77. The highest BCUT2D eigenvalue weighted by molar-refractivity contribution is 5.29. The molecule has 23 heavy (non-hydrogen) atoms. The largest absolute Gasteiger partial charge is 0.497 e. The van der Waals surface area contributed by atoms with Crippen LogP contribution in [0.5, 0.6) is 5.75 Å². The van der Waals surface area contributed by atoms with Gasteiger partial charge in [0.1, 0.15) is 11.9 Å². The summed E-state index contributed by atoms with van der Waals surface area (Å²) in [5.41, 5.74) is 2.23. The second kappa shape index (κ2) is 6.75. The standard InChI is InChI=1S/C17H19N3O3/c1-23-16-5-2-13(3-6-16)11-19-9-8-14(12-19)17-7-4-15(10-18-17)20(21)22/h2-7,10,14H,8-9,11-12H2,1H3/t14-/m0/s1. The van der Waals surface area contributed by atoms with E-state index in [2.05, 4.69) is 22.0 Å². The third-order valence-corrected chi connectivity index (χ3v) is 4.24. The first kappa shape index (κ1) is 15.4. The maximum absolute atomic E-state index is 10.7. The van der Waals surface area contributed by atoms with E-state index in [1.54, 1.807) is 13.2 Å². The molecule has 6 heteroatoms. The molecule has 6 nitrogen and oxygen atoms in total. The van der Waals surface area contributed by atoms with Crippen LogP contribution in [0.3, 0.4) is 0 Å². The molecule has 1 fully saturated rings. The summed E-state index contributed by atoms with van der Waals surface area (Å²) in [6.45, 7) is 2.83. The Morgan fingerprint density at radius 2 is 2.09 bits per heavy atom. The molecule has 1 aromatic heterocycles. The maximum Gasteiger partial charge on any atom is 0.287 e. The summed E-state index contributed by atoms with van der Waals surface area (Å²) in [6.07, 6.45) is 2.38. The van der Waals surface area contributed by atoms with Crippen LogP contribution < -0.4 is 4.74 Å². The number of methoxy groups -OCH3 is 1. The molecule has 120 valence electrons. The lowest BCUT2D eigenvalue weighted by Gasteiger charge is -2.16. The van der Waals surface area contributed by atoms with E-state index in [4.69, 9.17) is 4.74 Å². The molecule has 1 atom stereocenters. The molecule has 1 saturated heterocycles. The highest BCUT2D eigenvalue weighted by atomic mass is 16.6. The number of benzene rings is 1. The molecule has 1 aliphatic rings. The minimum atomic E-state index is -0.415. The summed E-state index contributed by atoms with van der Waals surface area (Å²) in [5.74, 6) is 1.21. The fraction of sp³-hybridized carbons (Fsp3) is 0.353. The lowest BCUT2D eigenvalue weighted by molar-refractivity contribution is -0.385.